The second kappa shape index (κ2) is 10.1. The Kier molecular flexibility index (Phi) is 7.23. The van der Waals surface area contributed by atoms with Crippen LogP contribution in [0.2, 0.25) is 0 Å². The van der Waals surface area contributed by atoms with Crippen molar-refractivity contribution in [2.45, 2.75) is 32.0 Å². The molecule has 2 aromatic carbocycles. The monoisotopic (exact) mass is 380 g/mol. The molecule has 1 aliphatic heterocycles. The van der Waals surface area contributed by atoms with Gasteiger partial charge in [-0.25, -0.2) is 0 Å². The van der Waals surface area contributed by atoms with Gasteiger partial charge in [-0.1, -0.05) is 54.6 Å². The second-order valence-electron chi connectivity index (χ2n) is 7.02. The molecule has 1 aliphatic rings. The Bertz CT molecular complexity index is 805. The molecule has 5 heteroatoms. The van der Waals surface area contributed by atoms with Gasteiger partial charge in [0.1, 0.15) is 0 Å². The molecule has 0 bridgehead atoms. The van der Waals surface area contributed by atoms with Crippen molar-refractivity contribution in [2.24, 2.45) is 0 Å². The van der Waals surface area contributed by atoms with Crippen LogP contribution in [0.5, 0.6) is 0 Å². The zero-order valence-corrected chi connectivity index (χ0v) is 16.3. The molecule has 1 unspecified atom stereocenters. The van der Waals surface area contributed by atoms with Gasteiger partial charge in [0.25, 0.3) is 5.91 Å². The SMILES string of the molecule is CO/C(=C\c1ccccc1)C(=O)NCc1ccccc1CN1CCCC1CO. The Morgan fingerprint density at radius 2 is 1.89 bits per heavy atom. The van der Waals surface area contributed by atoms with E-state index in [1.165, 1.54) is 12.7 Å². The third-order valence-electron chi connectivity index (χ3n) is 5.18. The number of aliphatic hydroxyl groups is 1. The molecule has 2 N–H and O–H groups in total. The van der Waals surface area contributed by atoms with Crippen LogP contribution in [0.4, 0.5) is 0 Å². The topological polar surface area (TPSA) is 61.8 Å². The predicted molar refractivity (Wildman–Crippen MR) is 110 cm³/mol. The third kappa shape index (κ3) is 5.21. The fraction of sp³-hybridized carbons (Fsp3) is 0.348. The van der Waals surface area contributed by atoms with Crippen molar-refractivity contribution in [3.63, 3.8) is 0 Å². The lowest BCUT2D eigenvalue weighted by Gasteiger charge is -2.24. The standard InChI is InChI=1S/C23H28N2O3/c1-28-22(14-18-8-3-2-4-9-18)23(27)24-15-19-10-5-6-11-20(19)16-25-13-7-12-21(25)17-26/h2-6,8-11,14,21,26H,7,12-13,15-17H2,1H3,(H,24,27)/b22-14-. The number of nitrogens with zero attached hydrogens (tertiary/aromatic N) is 1. The summed E-state index contributed by atoms with van der Waals surface area (Å²) < 4.78 is 5.28. The summed E-state index contributed by atoms with van der Waals surface area (Å²) in [5.74, 6) is 0.0409. The Balaban J connectivity index is 1.65. The van der Waals surface area contributed by atoms with E-state index in [1.807, 2.05) is 48.5 Å². The number of ether oxygens (including phenoxy) is 1. The Morgan fingerprint density at radius 3 is 2.61 bits per heavy atom. The van der Waals surface area contributed by atoms with Crippen LogP contribution < -0.4 is 5.32 Å². The van der Waals surface area contributed by atoms with E-state index < -0.39 is 0 Å². The number of likely N-dealkylation sites (tertiary alicyclic amines) is 1. The van der Waals surface area contributed by atoms with Gasteiger partial charge in [-0.05, 0) is 42.2 Å². The number of rotatable bonds is 8. The number of nitrogens with one attached hydrogen (secondary N) is 1. The van der Waals surface area contributed by atoms with Gasteiger partial charge in [-0.3, -0.25) is 9.69 Å². The van der Waals surface area contributed by atoms with Crippen LogP contribution in [0.1, 0.15) is 29.5 Å². The van der Waals surface area contributed by atoms with Crippen molar-refractivity contribution < 1.29 is 14.6 Å². The maximum Gasteiger partial charge on any atom is 0.286 e. The molecule has 0 spiro atoms. The molecule has 0 radical (unpaired) electrons. The van der Waals surface area contributed by atoms with E-state index in [1.54, 1.807) is 6.08 Å². The van der Waals surface area contributed by atoms with E-state index in [2.05, 4.69) is 16.3 Å². The van der Waals surface area contributed by atoms with Gasteiger partial charge in [-0.15, -0.1) is 0 Å². The summed E-state index contributed by atoms with van der Waals surface area (Å²) in [6.45, 7) is 2.41. The van der Waals surface area contributed by atoms with Crippen LogP contribution in [0.3, 0.4) is 0 Å². The van der Waals surface area contributed by atoms with Crippen LogP contribution in [0.15, 0.2) is 60.4 Å². The molecule has 0 aliphatic carbocycles. The second-order valence-corrected chi connectivity index (χ2v) is 7.02. The molecule has 28 heavy (non-hydrogen) atoms. The van der Waals surface area contributed by atoms with E-state index in [0.29, 0.717) is 6.54 Å². The number of carbonyl (C=O) groups is 1. The number of benzene rings is 2. The first kappa shape index (κ1) is 20.1. The minimum atomic E-state index is -0.240. The number of hydrogen-bond acceptors (Lipinski definition) is 4. The lowest BCUT2D eigenvalue weighted by atomic mass is 10.1. The van der Waals surface area contributed by atoms with Crippen molar-refractivity contribution in [3.05, 3.63) is 77.0 Å². The molecular formula is C23H28N2O3. The molecule has 1 saturated heterocycles. The fourth-order valence-corrected chi connectivity index (χ4v) is 3.59. The van der Waals surface area contributed by atoms with Crippen LogP contribution in [0.25, 0.3) is 6.08 Å². The Labute approximate surface area is 166 Å². The average Bonchev–Trinajstić information content (AvgIpc) is 3.19. The van der Waals surface area contributed by atoms with Gasteiger partial charge in [-0.2, -0.15) is 0 Å². The minimum Gasteiger partial charge on any atom is -0.491 e. The molecular weight excluding hydrogens is 352 g/mol. The summed E-state index contributed by atoms with van der Waals surface area (Å²) in [6, 6.07) is 18.0. The highest BCUT2D eigenvalue weighted by atomic mass is 16.5. The maximum absolute atomic E-state index is 12.6. The van der Waals surface area contributed by atoms with Gasteiger partial charge in [0.2, 0.25) is 0 Å². The van der Waals surface area contributed by atoms with E-state index in [9.17, 15) is 9.90 Å². The first-order valence-electron chi connectivity index (χ1n) is 9.72. The first-order valence-corrected chi connectivity index (χ1v) is 9.72. The van der Waals surface area contributed by atoms with E-state index in [4.69, 9.17) is 4.74 Å². The fourth-order valence-electron chi connectivity index (χ4n) is 3.59. The third-order valence-corrected chi connectivity index (χ3v) is 5.18. The number of hydrogen-bond donors (Lipinski definition) is 2. The lowest BCUT2D eigenvalue weighted by molar-refractivity contribution is -0.120. The molecule has 2 aromatic rings. The van der Waals surface area contributed by atoms with Crippen LogP contribution in [-0.2, 0) is 22.6 Å². The van der Waals surface area contributed by atoms with E-state index >= 15 is 0 Å². The highest BCUT2D eigenvalue weighted by molar-refractivity contribution is 5.95. The van der Waals surface area contributed by atoms with E-state index in [0.717, 1.165) is 37.1 Å². The molecule has 1 heterocycles. The summed E-state index contributed by atoms with van der Waals surface area (Å²) in [4.78, 5) is 14.9. The van der Waals surface area contributed by atoms with E-state index in [-0.39, 0.29) is 24.3 Å². The molecule has 0 saturated carbocycles. The van der Waals surface area contributed by atoms with Crippen LogP contribution in [-0.4, -0.2) is 42.2 Å². The highest BCUT2D eigenvalue weighted by Crippen LogP contribution is 2.21. The van der Waals surface area contributed by atoms with Crippen molar-refractivity contribution in [1.29, 1.82) is 0 Å². The summed E-state index contributed by atoms with van der Waals surface area (Å²) in [7, 11) is 1.50. The molecule has 1 fully saturated rings. The number of methoxy groups -OCH3 is 1. The maximum atomic E-state index is 12.6. The van der Waals surface area contributed by atoms with Crippen LogP contribution in [0, 0.1) is 0 Å². The Hall–Kier alpha value is -2.63. The summed E-state index contributed by atoms with van der Waals surface area (Å²) in [6.07, 6.45) is 3.89. The minimum absolute atomic E-state index is 0.195. The van der Waals surface area contributed by atoms with Crippen molar-refractivity contribution in [3.8, 4) is 0 Å². The van der Waals surface area contributed by atoms with Crippen molar-refractivity contribution >= 4 is 12.0 Å². The van der Waals surface area contributed by atoms with Gasteiger partial charge >= 0.3 is 0 Å². The highest BCUT2D eigenvalue weighted by Gasteiger charge is 2.24. The predicted octanol–water partition coefficient (Wildman–Crippen LogP) is 2.95. The number of aliphatic hydroxyl groups excluding tert-OH is 1. The van der Waals surface area contributed by atoms with Gasteiger partial charge in [0, 0.05) is 19.1 Å². The zero-order valence-electron chi connectivity index (χ0n) is 16.3. The molecule has 1 amide bonds. The zero-order chi connectivity index (χ0) is 19.8. The number of carbonyl (C=O) groups excluding carboxylic acids is 1. The van der Waals surface area contributed by atoms with Gasteiger partial charge in [0.05, 0.1) is 13.7 Å². The van der Waals surface area contributed by atoms with Crippen LogP contribution >= 0.6 is 0 Å². The normalized spacial score (nSPS) is 17.5. The lowest BCUT2D eigenvalue weighted by Crippen LogP contribution is -2.32. The van der Waals surface area contributed by atoms with Crippen molar-refractivity contribution in [1.82, 2.24) is 10.2 Å². The van der Waals surface area contributed by atoms with Crippen molar-refractivity contribution in [2.75, 3.05) is 20.3 Å². The quantitative estimate of drug-likeness (QED) is 0.546. The summed E-state index contributed by atoms with van der Waals surface area (Å²) >= 11 is 0. The summed E-state index contributed by atoms with van der Waals surface area (Å²) in [5.41, 5.74) is 3.17. The molecule has 3 rings (SSSR count). The average molecular weight is 380 g/mol. The first-order chi connectivity index (χ1) is 13.7. The molecule has 0 aromatic heterocycles. The molecule has 5 nitrogen and oxygen atoms in total. The van der Waals surface area contributed by atoms with Gasteiger partial charge in [0.15, 0.2) is 5.76 Å². The smallest absolute Gasteiger partial charge is 0.286 e. The molecule has 1 atom stereocenters. The Morgan fingerprint density at radius 1 is 1.18 bits per heavy atom. The summed E-state index contributed by atoms with van der Waals surface area (Å²) in [5, 5.41) is 12.5. The molecule has 148 valence electrons. The number of amides is 1. The largest absolute Gasteiger partial charge is 0.491 e. The van der Waals surface area contributed by atoms with Gasteiger partial charge < -0.3 is 15.2 Å².